The van der Waals surface area contributed by atoms with Gasteiger partial charge >= 0.3 is 0 Å². The standard InChI is InChI=1S/C22H32N6O2/c1-18-24-8-10-27(18)9-4-3-7-25-22(23-2)28-13-11-26(12-14-28)16-19-5-6-20-21(15-19)30-17-29-20/h5-6,8,10,15H,3-4,7,9,11-14,16-17H2,1-2H3,(H,23,25). The summed E-state index contributed by atoms with van der Waals surface area (Å²) < 4.78 is 13.1. The second-order valence-corrected chi connectivity index (χ2v) is 7.80. The van der Waals surface area contributed by atoms with Gasteiger partial charge in [0.05, 0.1) is 0 Å². The van der Waals surface area contributed by atoms with E-state index in [4.69, 9.17) is 9.47 Å². The average Bonchev–Trinajstić information content (AvgIpc) is 3.40. The molecule has 4 rings (SSSR count). The number of unbranched alkanes of at least 4 members (excludes halogenated alkanes) is 1. The molecule has 8 nitrogen and oxygen atoms in total. The minimum Gasteiger partial charge on any atom is -0.454 e. The van der Waals surface area contributed by atoms with Gasteiger partial charge in [0.25, 0.3) is 0 Å². The van der Waals surface area contributed by atoms with Gasteiger partial charge < -0.3 is 24.3 Å². The Labute approximate surface area is 178 Å². The number of hydrogen-bond acceptors (Lipinski definition) is 5. The fraction of sp³-hybridized carbons (Fsp3) is 0.545. The van der Waals surface area contributed by atoms with E-state index in [9.17, 15) is 0 Å². The largest absolute Gasteiger partial charge is 0.454 e. The molecule has 0 bridgehead atoms. The minimum atomic E-state index is 0.326. The Morgan fingerprint density at radius 1 is 1.13 bits per heavy atom. The third-order valence-electron chi connectivity index (χ3n) is 5.76. The van der Waals surface area contributed by atoms with Crippen molar-refractivity contribution in [1.29, 1.82) is 0 Å². The molecule has 0 amide bonds. The maximum Gasteiger partial charge on any atom is 0.231 e. The zero-order valence-corrected chi connectivity index (χ0v) is 18.0. The van der Waals surface area contributed by atoms with Gasteiger partial charge in [-0.3, -0.25) is 9.89 Å². The number of fused-ring (bicyclic) bond motifs is 1. The zero-order chi connectivity index (χ0) is 20.8. The van der Waals surface area contributed by atoms with Crippen molar-refractivity contribution in [1.82, 2.24) is 24.7 Å². The summed E-state index contributed by atoms with van der Waals surface area (Å²) in [6.45, 7) is 9.28. The highest BCUT2D eigenvalue weighted by molar-refractivity contribution is 5.79. The summed E-state index contributed by atoms with van der Waals surface area (Å²) in [5.74, 6) is 3.80. The highest BCUT2D eigenvalue weighted by atomic mass is 16.7. The van der Waals surface area contributed by atoms with E-state index in [1.165, 1.54) is 5.56 Å². The number of benzene rings is 1. The molecule has 8 heteroatoms. The van der Waals surface area contributed by atoms with Crippen molar-refractivity contribution >= 4 is 5.96 Å². The Balaban J connectivity index is 1.16. The molecule has 0 spiro atoms. The first-order valence-corrected chi connectivity index (χ1v) is 10.8. The van der Waals surface area contributed by atoms with Crippen molar-refractivity contribution in [3.63, 3.8) is 0 Å². The van der Waals surface area contributed by atoms with Crippen LogP contribution in [0.25, 0.3) is 0 Å². The molecule has 1 N–H and O–H groups in total. The number of imidazole rings is 1. The van der Waals surface area contributed by atoms with E-state index in [1.54, 1.807) is 0 Å². The maximum atomic E-state index is 5.50. The molecule has 1 aromatic heterocycles. The predicted molar refractivity (Wildman–Crippen MR) is 117 cm³/mol. The molecule has 30 heavy (non-hydrogen) atoms. The van der Waals surface area contributed by atoms with E-state index >= 15 is 0 Å². The molecule has 0 aliphatic carbocycles. The molecule has 1 aromatic carbocycles. The van der Waals surface area contributed by atoms with Gasteiger partial charge in [-0.25, -0.2) is 4.98 Å². The number of rotatable bonds is 7. The lowest BCUT2D eigenvalue weighted by atomic mass is 10.1. The Morgan fingerprint density at radius 2 is 1.97 bits per heavy atom. The Bertz CT molecular complexity index is 857. The van der Waals surface area contributed by atoms with Crippen molar-refractivity contribution < 1.29 is 9.47 Å². The van der Waals surface area contributed by atoms with E-state index in [0.29, 0.717) is 6.79 Å². The first kappa shape index (κ1) is 20.5. The van der Waals surface area contributed by atoms with Crippen molar-refractivity contribution in [2.45, 2.75) is 32.9 Å². The van der Waals surface area contributed by atoms with Crippen LogP contribution in [0.2, 0.25) is 0 Å². The van der Waals surface area contributed by atoms with Gasteiger partial charge in [0.2, 0.25) is 6.79 Å². The van der Waals surface area contributed by atoms with Gasteiger partial charge in [-0.05, 0) is 37.5 Å². The number of aryl methyl sites for hydroxylation is 2. The molecule has 162 valence electrons. The molecular formula is C22H32N6O2. The summed E-state index contributed by atoms with van der Waals surface area (Å²) in [5.41, 5.74) is 1.27. The molecule has 0 saturated carbocycles. The fourth-order valence-electron chi connectivity index (χ4n) is 3.99. The van der Waals surface area contributed by atoms with Crippen LogP contribution in [-0.2, 0) is 13.1 Å². The minimum absolute atomic E-state index is 0.326. The van der Waals surface area contributed by atoms with E-state index in [0.717, 1.165) is 81.9 Å². The van der Waals surface area contributed by atoms with Crippen LogP contribution in [0.3, 0.4) is 0 Å². The van der Waals surface area contributed by atoms with Gasteiger partial charge in [-0.2, -0.15) is 0 Å². The van der Waals surface area contributed by atoms with Crippen molar-refractivity contribution in [3.05, 3.63) is 42.0 Å². The van der Waals surface area contributed by atoms with Gasteiger partial charge in [0.1, 0.15) is 5.82 Å². The van der Waals surface area contributed by atoms with Gasteiger partial charge in [0.15, 0.2) is 17.5 Å². The molecule has 0 atom stereocenters. The highest BCUT2D eigenvalue weighted by Gasteiger charge is 2.20. The van der Waals surface area contributed by atoms with E-state index in [2.05, 4.69) is 41.8 Å². The predicted octanol–water partition coefficient (Wildman–Crippen LogP) is 2.09. The lowest BCUT2D eigenvalue weighted by molar-refractivity contribution is 0.171. The van der Waals surface area contributed by atoms with E-state index in [1.807, 2.05) is 32.4 Å². The van der Waals surface area contributed by atoms with Crippen LogP contribution in [0.4, 0.5) is 0 Å². The van der Waals surface area contributed by atoms with Crippen LogP contribution in [0.1, 0.15) is 24.2 Å². The number of aliphatic imine (C=N–C) groups is 1. The SMILES string of the molecule is CN=C(NCCCCn1ccnc1C)N1CCN(Cc2ccc3c(c2)OCO3)CC1. The Kier molecular flexibility index (Phi) is 6.74. The number of ether oxygens (including phenoxy) is 2. The smallest absolute Gasteiger partial charge is 0.231 e. The molecule has 1 fully saturated rings. The molecule has 2 aliphatic heterocycles. The first-order chi connectivity index (χ1) is 14.7. The number of hydrogen-bond donors (Lipinski definition) is 1. The highest BCUT2D eigenvalue weighted by Crippen LogP contribution is 2.32. The zero-order valence-electron chi connectivity index (χ0n) is 18.0. The second-order valence-electron chi connectivity index (χ2n) is 7.80. The lowest BCUT2D eigenvalue weighted by Gasteiger charge is -2.36. The van der Waals surface area contributed by atoms with Gasteiger partial charge in [-0.1, -0.05) is 6.07 Å². The summed E-state index contributed by atoms with van der Waals surface area (Å²) in [4.78, 5) is 13.6. The Hall–Kier alpha value is -2.74. The molecule has 0 unspecified atom stereocenters. The number of nitrogens with one attached hydrogen (secondary N) is 1. The number of piperazine rings is 1. The number of guanidine groups is 1. The third-order valence-corrected chi connectivity index (χ3v) is 5.76. The van der Waals surface area contributed by atoms with Crippen LogP contribution >= 0.6 is 0 Å². The monoisotopic (exact) mass is 412 g/mol. The summed E-state index contributed by atoms with van der Waals surface area (Å²) in [7, 11) is 1.87. The normalized spacial score (nSPS) is 16.9. The molecule has 3 heterocycles. The topological polar surface area (TPSA) is 67.2 Å². The summed E-state index contributed by atoms with van der Waals surface area (Å²) in [6.07, 6.45) is 6.15. The third kappa shape index (κ3) is 5.05. The molecular weight excluding hydrogens is 380 g/mol. The molecule has 0 radical (unpaired) electrons. The summed E-state index contributed by atoms with van der Waals surface area (Å²) in [6, 6.07) is 6.24. The van der Waals surface area contributed by atoms with Crippen LogP contribution in [-0.4, -0.2) is 71.9 Å². The van der Waals surface area contributed by atoms with E-state index < -0.39 is 0 Å². The summed E-state index contributed by atoms with van der Waals surface area (Å²) in [5, 5.41) is 3.53. The van der Waals surface area contributed by atoms with Gasteiger partial charge in [0, 0.05) is 65.3 Å². The quantitative estimate of drug-likeness (QED) is 0.427. The van der Waals surface area contributed by atoms with Crippen molar-refractivity contribution in [2.75, 3.05) is 46.6 Å². The van der Waals surface area contributed by atoms with Crippen LogP contribution in [0, 0.1) is 6.92 Å². The Morgan fingerprint density at radius 3 is 2.73 bits per heavy atom. The summed E-state index contributed by atoms with van der Waals surface area (Å²) >= 11 is 0. The van der Waals surface area contributed by atoms with Crippen LogP contribution in [0.5, 0.6) is 11.5 Å². The first-order valence-electron chi connectivity index (χ1n) is 10.8. The second kappa shape index (κ2) is 9.84. The maximum absolute atomic E-state index is 5.50. The van der Waals surface area contributed by atoms with Crippen molar-refractivity contribution in [3.8, 4) is 11.5 Å². The van der Waals surface area contributed by atoms with Gasteiger partial charge in [-0.15, -0.1) is 0 Å². The molecule has 2 aromatic rings. The van der Waals surface area contributed by atoms with Crippen molar-refractivity contribution in [2.24, 2.45) is 4.99 Å². The molecule has 2 aliphatic rings. The molecule has 1 saturated heterocycles. The van der Waals surface area contributed by atoms with E-state index in [-0.39, 0.29) is 0 Å². The fourth-order valence-corrected chi connectivity index (χ4v) is 3.99. The van der Waals surface area contributed by atoms with Crippen LogP contribution < -0.4 is 14.8 Å². The lowest BCUT2D eigenvalue weighted by Crippen LogP contribution is -2.52. The number of nitrogens with zero attached hydrogens (tertiary/aromatic N) is 5. The average molecular weight is 413 g/mol. The van der Waals surface area contributed by atoms with Crippen LogP contribution in [0.15, 0.2) is 35.6 Å². The number of aromatic nitrogens is 2.